The lowest BCUT2D eigenvalue weighted by Crippen LogP contribution is -2.41. The Bertz CT molecular complexity index is 1170. The minimum absolute atomic E-state index is 0.0516. The Kier molecular flexibility index (Phi) is 9.71. The first kappa shape index (κ1) is 27.0. The normalized spacial score (nSPS) is 14.2. The highest BCUT2D eigenvalue weighted by atomic mass is 32.2. The summed E-state index contributed by atoms with van der Waals surface area (Å²) in [5.41, 5.74) is 5.83. The van der Waals surface area contributed by atoms with Crippen LogP contribution < -0.4 is 20.3 Å². The van der Waals surface area contributed by atoms with Crippen LogP contribution in [0.1, 0.15) is 41.6 Å². The van der Waals surface area contributed by atoms with Gasteiger partial charge in [0.25, 0.3) is 11.8 Å². The van der Waals surface area contributed by atoms with Crippen molar-refractivity contribution in [1.82, 2.24) is 15.8 Å². The molecule has 11 heteroatoms. The summed E-state index contributed by atoms with van der Waals surface area (Å²) in [6.07, 6.45) is 4.00. The van der Waals surface area contributed by atoms with Crippen LogP contribution in [-0.4, -0.2) is 52.8 Å². The highest BCUT2D eigenvalue weighted by molar-refractivity contribution is 8.26. The van der Waals surface area contributed by atoms with Crippen molar-refractivity contribution in [2.75, 3.05) is 20.8 Å². The van der Waals surface area contributed by atoms with Crippen LogP contribution in [-0.2, 0) is 9.59 Å². The van der Waals surface area contributed by atoms with E-state index in [1.165, 1.54) is 36.0 Å². The first-order chi connectivity index (χ1) is 17.3. The molecule has 0 aromatic heterocycles. The maximum atomic E-state index is 12.8. The van der Waals surface area contributed by atoms with Crippen LogP contribution in [0.15, 0.2) is 47.4 Å². The number of phenolic OH excluding ortho intramolecular Hbond substituents is 1. The fourth-order valence-corrected chi connectivity index (χ4v) is 4.70. The number of phenols is 1. The molecule has 1 aliphatic rings. The molecule has 3 amide bonds. The number of methoxy groups -OCH3 is 2. The van der Waals surface area contributed by atoms with E-state index in [0.717, 1.165) is 5.56 Å². The number of nitrogens with zero attached hydrogens (tertiary/aromatic N) is 1. The third-order valence-electron chi connectivity index (χ3n) is 5.31. The van der Waals surface area contributed by atoms with Gasteiger partial charge in [0.15, 0.2) is 11.5 Å². The summed E-state index contributed by atoms with van der Waals surface area (Å²) in [4.78, 5) is 38.9. The first-order valence-electron chi connectivity index (χ1n) is 11.2. The maximum Gasteiger partial charge on any atom is 0.269 e. The summed E-state index contributed by atoms with van der Waals surface area (Å²) in [5.74, 6) is 0.302. The van der Waals surface area contributed by atoms with E-state index in [1.54, 1.807) is 37.3 Å². The number of aromatic hydroxyl groups is 1. The Morgan fingerprint density at radius 1 is 1.03 bits per heavy atom. The van der Waals surface area contributed by atoms with Crippen LogP contribution in [0.3, 0.4) is 0 Å². The summed E-state index contributed by atoms with van der Waals surface area (Å²) in [7, 11) is 3.12. The molecule has 3 N–H and O–H groups in total. The molecule has 1 aliphatic heterocycles. The molecular formula is C25H27N3O6S2. The maximum absolute atomic E-state index is 12.8. The van der Waals surface area contributed by atoms with Crippen molar-refractivity contribution in [2.24, 2.45) is 0 Å². The summed E-state index contributed by atoms with van der Waals surface area (Å²) in [5, 5.41) is 9.26. The Balaban J connectivity index is 1.40. The van der Waals surface area contributed by atoms with Gasteiger partial charge in [-0.05, 0) is 60.9 Å². The van der Waals surface area contributed by atoms with E-state index in [1.807, 2.05) is 6.07 Å². The number of carbonyl (C=O) groups is 3. The second-order valence-corrected chi connectivity index (χ2v) is 9.48. The smallest absolute Gasteiger partial charge is 0.269 e. The predicted molar refractivity (Wildman–Crippen MR) is 142 cm³/mol. The van der Waals surface area contributed by atoms with E-state index in [9.17, 15) is 19.5 Å². The van der Waals surface area contributed by atoms with Gasteiger partial charge in [-0.25, -0.2) is 0 Å². The van der Waals surface area contributed by atoms with Gasteiger partial charge in [-0.3, -0.25) is 30.1 Å². The lowest BCUT2D eigenvalue weighted by atomic mass is 10.1. The molecule has 3 rings (SSSR count). The average molecular weight is 530 g/mol. The molecule has 0 unspecified atom stereocenters. The van der Waals surface area contributed by atoms with Crippen LogP contribution in [0.2, 0.25) is 0 Å². The number of thioether (sulfide) groups is 1. The summed E-state index contributed by atoms with van der Waals surface area (Å²) in [6.45, 7) is 0.465. The number of unbranched alkanes of at least 4 members (excludes halogenated alkanes) is 2. The molecule has 1 saturated heterocycles. The predicted octanol–water partition coefficient (Wildman–Crippen LogP) is 3.63. The van der Waals surface area contributed by atoms with Crippen molar-refractivity contribution in [3.8, 4) is 17.2 Å². The van der Waals surface area contributed by atoms with E-state index >= 15 is 0 Å². The molecule has 1 fully saturated rings. The number of hydrogen-bond donors (Lipinski definition) is 3. The van der Waals surface area contributed by atoms with Crippen LogP contribution in [0.4, 0.5) is 0 Å². The van der Waals surface area contributed by atoms with Crippen LogP contribution in [0.5, 0.6) is 17.2 Å². The lowest BCUT2D eigenvalue weighted by Gasteiger charge is -2.14. The van der Waals surface area contributed by atoms with Gasteiger partial charge in [0, 0.05) is 18.5 Å². The molecule has 0 bridgehead atoms. The number of benzene rings is 2. The number of nitrogens with one attached hydrogen (secondary N) is 2. The topological polar surface area (TPSA) is 117 Å². The molecule has 36 heavy (non-hydrogen) atoms. The number of amides is 3. The van der Waals surface area contributed by atoms with Crippen LogP contribution >= 0.6 is 24.0 Å². The highest BCUT2D eigenvalue weighted by Gasteiger charge is 2.31. The Labute approximate surface area is 218 Å². The minimum Gasteiger partial charge on any atom is -0.508 e. The molecule has 2 aromatic rings. The quantitative estimate of drug-likeness (QED) is 0.185. The van der Waals surface area contributed by atoms with Crippen LogP contribution in [0.25, 0.3) is 6.08 Å². The van der Waals surface area contributed by atoms with Gasteiger partial charge in [0.2, 0.25) is 5.91 Å². The largest absolute Gasteiger partial charge is 0.508 e. The summed E-state index contributed by atoms with van der Waals surface area (Å²) < 4.78 is 11.1. The van der Waals surface area contributed by atoms with Crippen molar-refractivity contribution in [2.45, 2.75) is 25.7 Å². The zero-order chi connectivity index (χ0) is 26.1. The molecule has 1 heterocycles. The third-order valence-corrected chi connectivity index (χ3v) is 6.69. The van der Waals surface area contributed by atoms with Gasteiger partial charge in [-0.15, -0.1) is 0 Å². The molecule has 0 aliphatic carbocycles. The molecule has 0 atom stereocenters. The second-order valence-electron chi connectivity index (χ2n) is 7.81. The van der Waals surface area contributed by atoms with E-state index in [2.05, 4.69) is 10.9 Å². The van der Waals surface area contributed by atoms with Crippen molar-refractivity contribution in [3.05, 3.63) is 58.5 Å². The van der Waals surface area contributed by atoms with Gasteiger partial charge in [0.1, 0.15) is 10.1 Å². The van der Waals surface area contributed by atoms with E-state index in [-0.39, 0.29) is 24.0 Å². The first-order valence-corrected chi connectivity index (χ1v) is 12.4. The number of hydrazine groups is 1. The van der Waals surface area contributed by atoms with Gasteiger partial charge in [-0.2, -0.15) is 0 Å². The Morgan fingerprint density at radius 3 is 2.44 bits per heavy atom. The monoisotopic (exact) mass is 529 g/mol. The number of carbonyl (C=O) groups excluding carboxylic acids is 3. The molecule has 9 nitrogen and oxygen atoms in total. The van der Waals surface area contributed by atoms with E-state index in [0.29, 0.717) is 52.1 Å². The fraction of sp³-hybridized carbons (Fsp3) is 0.280. The minimum atomic E-state index is -0.473. The van der Waals surface area contributed by atoms with Crippen LogP contribution in [0, 0.1) is 0 Å². The lowest BCUT2D eigenvalue weighted by molar-refractivity contribution is -0.123. The third kappa shape index (κ3) is 7.22. The van der Waals surface area contributed by atoms with Crippen molar-refractivity contribution >= 4 is 52.1 Å². The zero-order valence-corrected chi connectivity index (χ0v) is 21.5. The Morgan fingerprint density at radius 2 is 1.75 bits per heavy atom. The standard InChI is InChI=1S/C25H27N3O6S2/c1-33-19-12-7-16(14-20(19)34-2)15-21-24(32)28(25(35)36-21)13-5-3-4-6-22(30)26-27-23(31)17-8-10-18(29)11-9-17/h7-12,14-15,29H,3-6,13H2,1-2H3,(H,26,30)(H,27,31). The molecule has 2 aromatic carbocycles. The van der Waals surface area contributed by atoms with Crippen molar-refractivity contribution < 1.29 is 29.0 Å². The number of ether oxygens (including phenoxy) is 2. The highest BCUT2D eigenvalue weighted by Crippen LogP contribution is 2.34. The second kappa shape index (κ2) is 12.9. The van der Waals surface area contributed by atoms with Gasteiger partial charge < -0.3 is 14.6 Å². The number of hydrogen-bond acceptors (Lipinski definition) is 8. The molecule has 190 valence electrons. The fourth-order valence-electron chi connectivity index (χ4n) is 3.39. The van der Waals surface area contributed by atoms with Gasteiger partial charge >= 0.3 is 0 Å². The van der Waals surface area contributed by atoms with E-state index in [4.69, 9.17) is 21.7 Å². The molecule has 0 saturated carbocycles. The zero-order valence-electron chi connectivity index (χ0n) is 19.9. The number of thiocarbonyl (C=S) groups is 1. The SMILES string of the molecule is COc1ccc(C=C2SC(=S)N(CCCCCC(=O)NNC(=O)c3ccc(O)cc3)C2=O)cc1OC. The average Bonchev–Trinajstić information content (AvgIpc) is 3.14. The number of rotatable bonds is 10. The van der Waals surface area contributed by atoms with E-state index < -0.39 is 5.91 Å². The summed E-state index contributed by atoms with van der Waals surface area (Å²) >= 11 is 6.64. The molecular weight excluding hydrogens is 502 g/mol. The van der Waals surface area contributed by atoms with Crippen molar-refractivity contribution in [3.63, 3.8) is 0 Å². The summed E-state index contributed by atoms with van der Waals surface area (Å²) in [6, 6.07) is 11.1. The molecule has 0 spiro atoms. The molecule has 0 radical (unpaired) electrons. The van der Waals surface area contributed by atoms with Gasteiger partial charge in [-0.1, -0.05) is 36.5 Å². The van der Waals surface area contributed by atoms with Crippen molar-refractivity contribution in [1.29, 1.82) is 0 Å². The Hall–Kier alpha value is -3.57. The van der Waals surface area contributed by atoms with Gasteiger partial charge in [0.05, 0.1) is 19.1 Å².